The number of hydrogen-bond donors (Lipinski definition) is 4. The first-order chi connectivity index (χ1) is 6.41. The fraction of sp³-hybridized carbons (Fsp3) is 1.00. The SMILES string of the molecule is CCCCCCCCO.O=P(O)(O)O.[KH]. The number of aliphatic hydroxyl groups excluding tert-OH is 1. The van der Waals surface area contributed by atoms with E-state index in [0.29, 0.717) is 6.61 Å². The predicted molar refractivity (Wildman–Crippen MR) is 61.9 cm³/mol. The van der Waals surface area contributed by atoms with Crippen molar-refractivity contribution in [3.63, 3.8) is 0 Å². The van der Waals surface area contributed by atoms with Crippen molar-refractivity contribution in [3.8, 4) is 0 Å². The van der Waals surface area contributed by atoms with Gasteiger partial charge in [0.1, 0.15) is 0 Å². The normalized spacial score (nSPS) is 9.93. The second-order valence-electron chi connectivity index (χ2n) is 3.00. The Morgan fingerprint density at radius 3 is 1.60 bits per heavy atom. The van der Waals surface area contributed by atoms with Crippen LogP contribution in [0.5, 0.6) is 0 Å². The summed E-state index contributed by atoms with van der Waals surface area (Å²) in [6.45, 7) is 2.58. The molecule has 0 saturated heterocycles. The zero-order valence-corrected chi connectivity index (χ0v) is 9.49. The molecule has 15 heavy (non-hydrogen) atoms. The van der Waals surface area contributed by atoms with E-state index >= 15 is 0 Å². The monoisotopic (exact) mass is 268 g/mol. The molecule has 0 saturated carbocycles. The molecule has 0 aliphatic rings. The number of hydrogen-bond acceptors (Lipinski definition) is 2. The van der Waals surface area contributed by atoms with Crippen molar-refractivity contribution in [1.82, 2.24) is 0 Å². The molecular formula is C8H22KO5P. The van der Waals surface area contributed by atoms with Gasteiger partial charge in [0.05, 0.1) is 0 Å². The van der Waals surface area contributed by atoms with Crippen LogP contribution >= 0.6 is 7.82 Å². The first kappa shape index (κ1) is 21.9. The Balaban J connectivity index is -0.000000208. The van der Waals surface area contributed by atoms with Gasteiger partial charge in [-0.3, -0.25) is 0 Å². The summed E-state index contributed by atoms with van der Waals surface area (Å²) in [6, 6.07) is 0. The molecule has 0 bridgehead atoms. The number of unbranched alkanes of at least 4 members (excludes halogenated alkanes) is 5. The van der Waals surface area contributed by atoms with E-state index in [4.69, 9.17) is 24.4 Å². The molecule has 0 rings (SSSR count). The standard InChI is InChI=1S/C8H18O.K.H3O4P.H/c1-2-3-4-5-6-7-8-9;;1-5(2,3)4;/h9H,2-8H2,1H3;;(H3,1,2,3,4);. The molecule has 4 N–H and O–H groups in total. The summed E-state index contributed by atoms with van der Waals surface area (Å²) in [5, 5.41) is 8.42. The molecule has 0 heterocycles. The van der Waals surface area contributed by atoms with Crippen molar-refractivity contribution < 1.29 is 24.4 Å². The van der Waals surface area contributed by atoms with Gasteiger partial charge in [-0.1, -0.05) is 39.0 Å². The Labute approximate surface area is 134 Å². The van der Waals surface area contributed by atoms with Gasteiger partial charge in [0.2, 0.25) is 0 Å². The number of aliphatic hydroxyl groups is 1. The maximum absolute atomic E-state index is 8.88. The molecule has 0 aliphatic carbocycles. The second-order valence-corrected chi connectivity index (χ2v) is 4.03. The Kier molecular flexibility index (Phi) is 23.0. The average Bonchev–Trinajstić information content (AvgIpc) is 2.01. The minimum atomic E-state index is -4.64. The maximum atomic E-state index is 8.88. The number of phosphoric acid groups is 1. The van der Waals surface area contributed by atoms with Gasteiger partial charge in [0.25, 0.3) is 0 Å². The molecule has 0 aromatic rings. The molecule has 90 valence electrons. The molecule has 0 amide bonds. The van der Waals surface area contributed by atoms with Crippen molar-refractivity contribution >= 4 is 59.2 Å². The molecular weight excluding hydrogens is 246 g/mol. The summed E-state index contributed by atoms with van der Waals surface area (Å²) in [6.07, 6.45) is 7.50. The second kappa shape index (κ2) is 15.7. The van der Waals surface area contributed by atoms with Crippen LogP contribution in [0.2, 0.25) is 0 Å². The van der Waals surface area contributed by atoms with Crippen LogP contribution in [0.15, 0.2) is 0 Å². The molecule has 0 aromatic carbocycles. The van der Waals surface area contributed by atoms with Crippen molar-refractivity contribution in [2.75, 3.05) is 6.61 Å². The molecule has 0 radical (unpaired) electrons. The van der Waals surface area contributed by atoms with Gasteiger partial charge < -0.3 is 19.8 Å². The van der Waals surface area contributed by atoms with E-state index in [1.54, 1.807) is 0 Å². The molecule has 5 nitrogen and oxygen atoms in total. The van der Waals surface area contributed by atoms with Gasteiger partial charge in [-0.25, -0.2) is 4.57 Å². The summed E-state index contributed by atoms with van der Waals surface area (Å²) in [5.41, 5.74) is 0. The summed E-state index contributed by atoms with van der Waals surface area (Å²) in [4.78, 5) is 21.6. The Hall–Kier alpha value is 1.71. The van der Waals surface area contributed by atoms with Crippen LogP contribution in [-0.2, 0) is 4.57 Å². The van der Waals surface area contributed by atoms with E-state index in [9.17, 15) is 0 Å². The average molecular weight is 268 g/mol. The first-order valence-corrected chi connectivity index (χ1v) is 6.37. The van der Waals surface area contributed by atoms with Gasteiger partial charge in [-0.15, -0.1) is 0 Å². The van der Waals surface area contributed by atoms with Gasteiger partial charge in [0, 0.05) is 6.61 Å². The first-order valence-electron chi connectivity index (χ1n) is 4.81. The third-order valence-corrected chi connectivity index (χ3v) is 1.51. The number of rotatable bonds is 6. The van der Waals surface area contributed by atoms with Gasteiger partial charge in [-0.05, 0) is 6.42 Å². The third-order valence-electron chi connectivity index (χ3n) is 1.51. The summed E-state index contributed by atoms with van der Waals surface area (Å²) >= 11 is 0. The van der Waals surface area contributed by atoms with Crippen molar-refractivity contribution in [1.29, 1.82) is 0 Å². The van der Waals surface area contributed by atoms with Crippen LogP contribution < -0.4 is 0 Å². The minimum absolute atomic E-state index is 0. The third kappa shape index (κ3) is 49.7. The van der Waals surface area contributed by atoms with E-state index in [1.165, 1.54) is 32.1 Å². The van der Waals surface area contributed by atoms with Gasteiger partial charge >= 0.3 is 59.2 Å². The Morgan fingerprint density at radius 1 is 0.933 bits per heavy atom. The Bertz CT molecular complexity index is 136. The molecule has 0 aliphatic heterocycles. The zero-order valence-electron chi connectivity index (χ0n) is 8.59. The van der Waals surface area contributed by atoms with E-state index in [2.05, 4.69) is 6.92 Å². The zero-order chi connectivity index (χ0) is 11.4. The van der Waals surface area contributed by atoms with E-state index in [0.717, 1.165) is 6.42 Å². The molecule has 0 fully saturated rings. The van der Waals surface area contributed by atoms with Crippen LogP contribution in [0.3, 0.4) is 0 Å². The quantitative estimate of drug-likeness (QED) is 0.324. The molecule has 0 aromatic heterocycles. The molecule has 0 atom stereocenters. The van der Waals surface area contributed by atoms with E-state index in [1.807, 2.05) is 0 Å². The fourth-order valence-electron chi connectivity index (χ4n) is 0.892. The summed E-state index contributed by atoms with van der Waals surface area (Å²) < 4.78 is 8.88. The summed E-state index contributed by atoms with van der Waals surface area (Å²) in [5.74, 6) is 0. The van der Waals surface area contributed by atoms with Crippen LogP contribution in [0.25, 0.3) is 0 Å². The topological polar surface area (TPSA) is 98.0 Å². The Morgan fingerprint density at radius 2 is 1.27 bits per heavy atom. The van der Waals surface area contributed by atoms with Gasteiger partial charge in [0.15, 0.2) is 0 Å². The van der Waals surface area contributed by atoms with Crippen LogP contribution in [-0.4, -0.2) is 77.8 Å². The van der Waals surface area contributed by atoms with Crippen LogP contribution in [0.4, 0.5) is 0 Å². The van der Waals surface area contributed by atoms with Crippen LogP contribution in [0.1, 0.15) is 45.4 Å². The summed E-state index contributed by atoms with van der Waals surface area (Å²) in [7, 11) is -4.64. The fourth-order valence-corrected chi connectivity index (χ4v) is 0.892. The predicted octanol–water partition coefficient (Wildman–Crippen LogP) is 0.762. The van der Waals surface area contributed by atoms with Crippen molar-refractivity contribution in [2.45, 2.75) is 45.4 Å². The van der Waals surface area contributed by atoms with Gasteiger partial charge in [-0.2, -0.15) is 0 Å². The van der Waals surface area contributed by atoms with Crippen LogP contribution in [0, 0.1) is 0 Å². The van der Waals surface area contributed by atoms with Crippen molar-refractivity contribution in [3.05, 3.63) is 0 Å². The molecule has 7 heteroatoms. The van der Waals surface area contributed by atoms with Crippen molar-refractivity contribution in [2.24, 2.45) is 0 Å². The van der Waals surface area contributed by atoms with E-state index in [-0.39, 0.29) is 51.4 Å². The molecule has 0 spiro atoms. The van der Waals surface area contributed by atoms with E-state index < -0.39 is 7.82 Å². The molecule has 0 unspecified atom stereocenters.